The zero-order valence-corrected chi connectivity index (χ0v) is 10.3. The van der Waals surface area contributed by atoms with Gasteiger partial charge in [0, 0.05) is 29.4 Å². The summed E-state index contributed by atoms with van der Waals surface area (Å²) in [6.45, 7) is 1.44. The number of halogens is 1. The molecule has 0 aliphatic carbocycles. The molecule has 3 N–H and O–H groups in total. The van der Waals surface area contributed by atoms with Crippen molar-refractivity contribution in [2.45, 2.75) is 12.5 Å². The van der Waals surface area contributed by atoms with E-state index in [2.05, 4.69) is 4.90 Å². The number of aliphatic hydroxyl groups excluding tert-OH is 1. The summed E-state index contributed by atoms with van der Waals surface area (Å²) in [5.74, 6) is 0. The van der Waals surface area contributed by atoms with E-state index in [1.54, 1.807) is 6.07 Å². The predicted molar refractivity (Wildman–Crippen MR) is 70.2 cm³/mol. The number of thiocarbonyl (C=S) groups is 1. The van der Waals surface area contributed by atoms with Gasteiger partial charge in [0.25, 0.3) is 0 Å². The highest BCUT2D eigenvalue weighted by atomic mass is 35.5. The standard InChI is InChI=1S/C11H13ClN2OS/c12-7-1-2-10(9(5-7)11(13)16)14-4-3-8(15)6-14/h1-2,5,8,15H,3-4,6H2,(H2,13,16). The van der Waals surface area contributed by atoms with Gasteiger partial charge in [0.05, 0.1) is 6.10 Å². The summed E-state index contributed by atoms with van der Waals surface area (Å²) in [7, 11) is 0. The second kappa shape index (κ2) is 4.57. The number of nitrogens with zero attached hydrogens (tertiary/aromatic N) is 1. The van der Waals surface area contributed by atoms with Crippen molar-refractivity contribution in [1.82, 2.24) is 0 Å². The lowest BCUT2D eigenvalue weighted by Gasteiger charge is -2.21. The number of aliphatic hydroxyl groups is 1. The number of benzene rings is 1. The van der Waals surface area contributed by atoms with Crippen LogP contribution in [0.2, 0.25) is 5.02 Å². The molecule has 86 valence electrons. The second-order valence-electron chi connectivity index (χ2n) is 3.91. The number of β-amino-alcohol motifs (C(OH)–C–C–N with tert-alkyl or cyclic N) is 1. The third kappa shape index (κ3) is 2.29. The van der Waals surface area contributed by atoms with E-state index in [1.165, 1.54) is 0 Å². The van der Waals surface area contributed by atoms with Gasteiger partial charge in [-0.2, -0.15) is 0 Å². The Morgan fingerprint density at radius 3 is 2.88 bits per heavy atom. The molecule has 1 aliphatic heterocycles. The summed E-state index contributed by atoms with van der Waals surface area (Å²) in [5, 5.41) is 10.1. The minimum Gasteiger partial charge on any atom is -0.391 e. The molecule has 3 nitrogen and oxygen atoms in total. The highest BCUT2D eigenvalue weighted by Crippen LogP contribution is 2.27. The molecular weight excluding hydrogens is 244 g/mol. The maximum absolute atomic E-state index is 9.51. The Bertz CT molecular complexity index is 424. The Morgan fingerprint density at radius 1 is 1.56 bits per heavy atom. The first kappa shape index (κ1) is 11.6. The van der Waals surface area contributed by atoms with Crippen LogP contribution in [0.5, 0.6) is 0 Å². The highest BCUT2D eigenvalue weighted by molar-refractivity contribution is 7.80. The Morgan fingerprint density at radius 2 is 2.31 bits per heavy atom. The molecular formula is C11H13ClN2OS. The molecule has 16 heavy (non-hydrogen) atoms. The van der Waals surface area contributed by atoms with Crippen molar-refractivity contribution in [1.29, 1.82) is 0 Å². The van der Waals surface area contributed by atoms with Gasteiger partial charge in [-0.15, -0.1) is 0 Å². The first-order chi connectivity index (χ1) is 7.58. The van der Waals surface area contributed by atoms with Crippen molar-refractivity contribution in [2.75, 3.05) is 18.0 Å². The smallest absolute Gasteiger partial charge is 0.106 e. The summed E-state index contributed by atoms with van der Waals surface area (Å²) < 4.78 is 0. The number of nitrogens with two attached hydrogens (primary N) is 1. The third-order valence-electron chi connectivity index (χ3n) is 2.73. The Balaban J connectivity index is 2.36. The Labute approximate surface area is 105 Å². The fourth-order valence-corrected chi connectivity index (χ4v) is 2.28. The van der Waals surface area contributed by atoms with Crippen LogP contribution in [0.4, 0.5) is 5.69 Å². The van der Waals surface area contributed by atoms with E-state index in [0.717, 1.165) is 24.2 Å². The van der Waals surface area contributed by atoms with Crippen molar-refractivity contribution in [3.63, 3.8) is 0 Å². The van der Waals surface area contributed by atoms with Crippen LogP contribution in [0.15, 0.2) is 18.2 Å². The van der Waals surface area contributed by atoms with Crippen LogP contribution < -0.4 is 10.6 Å². The van der Waals surface area contributed by atoms with Gasteiger partial charge in [-0.1, -0.05) is 23.8 Å². The van der Waals surface area contributed by atoms with Crippen LogP contribution in [-0.4, -0.2) is 29.3 Å². The van der Waals surface area contributed by atoms with E-state index in [0.29, 0.717) is 16.6 Å². The van der Waals surface area contributed by atoms with Crippen LogP contribution in [-0.2, 0) is 0 Å². The normalized spacial score (nSPS) is 20.1. The first-order valence-electron chi connectivity index (χ1n) is 5.10. The fourth-order valence-electron chi connectivity index (χ4n) is 1.94. The summed E-state index contributed by atoms with van der Waals surface area (Å²) in [4.78, 5) is 2.41. The molecule has 0 spiro atoms. The van der Waals surface area contributed by atoms with Gasteiger partial charge in [-0.25, -0.2) is 0 Å². The molecule has 0 amide bonds. The molecule has 1 fully saturated rings. The van der Waals surface area contributed by atoms with Gasteiger partial charge in [0.2, 0.25) is 0 Å². The molecule has 0 radical (unpaired) electrons. The molecule has 1 heterocycles. The Kier molecular flexibility index (Phi) is 3.33. The highest BCUT2D eigenvalue weighted by Gasteiger charge is 2.22. The van der Waals surface area contributed by atoms with Gasteiger partial charge in [-0.3, -0.25) is 0 Å². The maximum atomic E-state index is 9.51. The number of hydrogen-bond acceptors (Lipinski definition) is 3. The van der Waals surface area contributed by atoms with E-state index in [-0.39, 0.29) is 6.10 Å². The molecule has 0 bridgehead atoms. The summed E-state index contributed by atoms with van der Waals surface area (Å²) >= 11 is 10.9. The SMILES string of the molecule is NC(=S)c1cc(Cl)ccc1N1CCC(O)C1. The van der Waals surface area contributed by atoms with Crippen LogP contribution in [0.25, 0.3) is 0 Å². The van der Waals surface area contributed by atoms with Gasteiger partial charge >= 0.3 is 0 Å². The maximum Gasteiger partial charge on any atom is 0.106 e. The average Bonchev–Trinajstić information content (AvgIpc) is 2.64. The van der Waals surface area contributed by atoms with E-state index < -0.39 is 0 Å². The molecule has 0 aromatic heterocycles. The average molecular weight is 257 g/mol. The van der Waals surface area contributed by atoms with E-state index in [4.69, 9.17) is 29.6 Å². The van der Waals surface area contributed by atoms with Crippen molar-refractivity contribution >= 4 is 34.5 Å². The Hall–Kier alpha value is -0.840. The third-order valence-corrected chi connectivity index (χ3v) is 3.18. The number of hydrogen-bond donors (Lipinski definition) is 2. The largest absolute Gasteiger partial charge is 0.391 e. The monoisotopic (exact) mass is 256 g/mol. The topological polar surface area (TPSA) is 49.5 Å². The van der Waals surface area contributed by atoms with Crippen molar-refractivity contribution in [2.24, 2.45) is 5.73 Å². The predicted octanol–water partition coefficient (Wildman–Crippen LogP) is 1.55. The summed E-state index contributed by atoms with van der Waals surface area (Å²) in [6, 6.07) is 5.47. The first-order valence-corrected chi connectivity index (χ1v) is 5.89. The van der Waals surface area contributed by atoms with Crippen LogP contribution in [0.3, 0.4) is 0 Å². The van der Waals surface area contributed by atoms with Crippen molar-refractivity contribution < 1.29 is 5.11 Å². The van der Waals surface area contributed by atoms with E-state index in [9.17, 15) is 5.11 Å². The van der Waals surface area contributed by atoms with Crippen LogP contribution in [0.1, 0.15) is 12.0 Å². The molecule has 1 aromatic carbocycles. The molecule has 0 saturated carbocycles. The summed E-state index contributed by atoms with van der Waals surface area (Å²) in [5.41, 5.74) is 7.40. The number of anilines is 1. The quantitative estimate of drug-likeness (QED) is 0.789. The van der Waals surface area contributed by atoms with Gasteiger partial charge in [0.15, 0.2) is 0 Å². The second-order valence-corrected chi connectivity index (χ2v) is 4.79. The van der Waals surface area contributed by atoms with E-state index >= 15 is 0 Å². The lowest BCUT2D eigenvalue weighted by molar-refractivity contribution is 0.198. The molecule has 2 rings (SSSR count). The van der Waals surface area contributed by atoms with Crippen LogP contribution in [0, 0.1) is 0 Å². The van der Waals surface area contributed by atoms with E-state index in [1.807, 2.05) is 12.1 Å². The van der Waals surface area contributed by atoms with Crippen molar-refractivity contribution in [3.8, 4) is 0 Å². The van der Waals surface area contributed by atoms with Gasteiger partial charge in [-0.05, 0) is 24.6 Å². The molecule has 5 heteroatoms. The summed E-state index contributed by atoms with van der Waals surface area (Å²) in [6.07, 6.45) is 0.509. The zero-order chi connectivity index (χ0) is 11.7. The molecule has 1 saturated heterocycles. The minimum atomic E-state index is -0.269. The molecule has 1 atom stereocenters. The zero-order valence-electron chi connectivity index (χ0n) is 8.69. The van der Waals surface area contributed by atoms with Gasteiger partial charge in [0.1, 0.15) is 4.99 Å². The molecule has 1 aromatic rings. The van der Waals surface area contributed by atoms with Crippen LogP contribution >= 0.6 is 23.8 Å². The molecule has 1 unspecified atom stereocenters. The lowest BCUT2D eigenvalue weighted by Crippen LogP contribution is -2.24. The van der Waals surface area contributed by atoms with Gasteiger partial charge < -0.3 is 15.7 Å². The minimum absolute atomic E-state index is 0.269. The lowest BCUT2D eigenvalue weighted by atomic mass is 10.1. The fraction of sp³-hybridized carbons (Fsp3) is 0.364. The van der Waals surface area contributed by atoms with Crippen molar-refractivity contribution in [3.05, 3.63) is 28.8 Å². The number of rotatable bonds is 2. The molecule has 1 aliphatic rings.